The van der Waals surface area contributed by atoms with Crippen LogP contribution in [-0.2, 0) is 9.53 Å². The van der Waals surface area contributed by atoms with Crippen molar-refractivity contribution in [2.24, 2.45) is 5.73 Å². The maximum absolute atomic E-state index is 12.6. The molecule has 17 nitrogen and oxygen atoms in total. The summed E-state index contributed by atoms with van der Waals surface area (Å²) in [5.74, 6) is -4.70. The first-order chi connectivity index (χ1) is 20.9. The zero-order valence-corrected chi connectivity index (χ0v) is 23.3. The maximum Gasteiger partial charge on any atom is 0.392 e. The molecule has 2 aromatic carbocycles. The molecular formula is C27H27N7O10. The number of aliphatic hydroxyl groups is 1. The van der Waals surface area contributed by atoms with Crippen LogP contribution in [0.3, 0.4) is 0 Å². The van der Waals surface area contributed by atoms with E-state index < -0.39 is 52.5 Å². The van der Waals surface area contributed by atoms with Gasteiger partial charge >= 0.3 is 35.4 Å². The highest BCUT2D eigenvalue weighted by Crippen LogP contribution is 2.40. The number of aliphatic carboxylic acids is 1. The molecule has 2 atom stereocenters. The lowest BCUT2D eigenvalue weighted by molar-refractivity contribution is -0.387. The number of nitrogens with zero attached hydrogens (tertiary/aromatic N) is 4. The number of esters is 1. The number of nitro groups is 1. The SMILES string of the molecule is CCCCOC(=O)c1cc(Oc2nc(Oc3cccc(NC(=N)N)c3)nc(OC(C(=O)O)C(C)O)c2[N+](=O)[O-])ccc1C#N. The monoisotopic (exact) mass is 609 g/mol. The van der Waals surface area contributed by atoms with E-state index in [4.69, 9.17) is 30.1 Å². The van der Waals surface area contributed by atoms with Gasteiger partial charge in [-0.05, 0) is 43.7 Å². The van der Waals surface area contributed by atoms with Crippen molar-refractivity contribution in [3.8, 4) is 35.3 Å². The van der Waals surface area contributed by atoms with Gasteiger partial charge in [-0.1, -0.05) is 19.4 Å². The summed E-state index contributed by atoms with van der Waals surface area (Å²) in [5, 5.41) is 50.9. The first-order valence-corrected chi connectivity index (χ1v) is 12.9. The van der Waals surface area contributed by atoms with E-state index in [-0.39, 0.29) is 35.2 Å². The molecule has 0 bridgehead atoms. The third kappa shape index (κ3) is 8.50. The Hall–Kier alpha value is -6.02. The third-order valence-corrected chi connectivity index (χ3v) is 5.50. The molecule has 230 valence electrons. The maximum atomic E-state index is 12.6. The fraction of sp³-hybridized carbons (Fsp3) is 0.259. The third-order valence-electron chi connectivity index (χ3n) is 5.50. The number of carboxylic acid groups (broad SMARTS) is 1. The zero-order chi connectivity index (χ0) is 32.4. The summed E-state index contributed by atoms with van der Waals surface area (Å²) in [7, 11) is 0. The van der Waals surface area contributed by atoms with Gasteiger partial charge in [0.25, 0.3) is 0 Å². The van der Waals surface area contributed by atoms with Gasteiger partial charge in [0.05, 0.1) is 28.8 Å². The smallest absolute Gasteiger partial charge is 0.392 e. The largest absolute Gasteiger partial charge is 0.478 e. The lowest BCUT2D eigenvalue weighted by atomic mass is 10.1. The van der Waals surface area contributed by atoms with E-state index >= 15 is 0 Å². The number of carbonyl (C=O) groups excluding carboxylic acids is 1. The van der Waals surface area contributed by atoms with Gasteiger partial charge in [0.15, 0.2) is 5.96 Å². The van der Waals surface area contributed by atoms with Crippen LogP contribution in [0, 0.1) is 26.9 Å². The average molecular weight is 610 g/mol. The van der Waals surface area contributed by atoms with Gasteiger partial charge < -0.3 is 40.2 Å². The average Bonchev–Trinajstić information content (AvgIpc) is 2.95. The lowest BCUT2D eigenvalue weighted by Gasteiger charge is -2.18. The Balaban J connectivity index is 2.13. The van der Waals surface area contributed by atoms with Crippen LogP contribution in [0.4, 0.5) is 11.4 Å². The summed E-state index contributed by atoms with van der Waals surface area (Å²) in [6, 6.07) is 10.8. The van der Waals surface area contributed by atoms with E-state index in [0.717, 1.165) is 19.4 Å². The second kappa shape index (κ2) is 14.7. The fourth-order valence-corrected chi connectivity index (χ4v) is 3.48. The van der Waals surface area contributed by atoms with Crippen LogP contribution in [0.25, 0.3) is 0 Å². The van der Waals surface area contributed by atoms with Crippen molar-refractivity contribution in [3.63, 3.8) is 0 Å². The number of benzene rings is 2. The minimum atomic E-state index is -1.99. The Morgan fingerprint density at radius 1 is 1.18 bits per heavy atom. The number of guanidine groups is 1. The number of ether oxygens (including phenoxy) is 4. The molecule has 17 heteroatoms. The number of aromatic nitrogens is 2. The Bertz CT molecular complexity index is 1610. The standard InChI is InChI=1S/C27H27N7O10/c1-3-4-10-41-25(38)19-12-18(9-8-15(19)13-28)42-22-20(34(39)40)23(44-21(14(2)35)24(36)37)33-27(32-22)43-17-7-5-6-16(11-17)31-26(29)30/h5-9,11-12,14,21,35H,3-4,10H2,1-2H3,(H,36,37)(H4,29,30,31). The molecule has 0 saturated heterocycles. The molecule has 0 spiro atoms. The first kappa shape index (κ1) is 32.5. The van der Waals surface area contributed by atoms with Gasteiger partial charge in [0.2, 0.25) is 6.10 Å². The Morgan fingerprint density at radius 3 is 2.50 bits per heavy atom. The van der Waals surface area contributed by atoms with E-state index in [1.807, 2.05) is 13.0 Å². The molecule has 2 unspecified atom stereocenters. The number of hydrogen-bond donors (Lipinski definition) is 5. The molecule has 3 rings (SSSR count). The summed E-state index contributed by atoms with van der Waals surface area (Å²) in [6.45, 7) is 3.08. The molecular weight excluding hydrogens is 582 g/mol. The van der Waals surface area contributed by atoms with Crippen LogP contribution in [0.2, 0.25) is 0 Å². The van der Waals surface area contributed by atoms with Crippen molar-refractivity contribution in [1.82, 2.24) is 9.97 Å². The zero-order valence-electron chi connectivity index (χ0n) is 23.3. The molecule has 0 aliphatic rings. The van der Waals surface area contributed by atoms with E-state index in [1.54, 1.807) is 6.07 Å². The summed E-state index contributed by atoms with van der Waals surface area (Å²) in [5.41, 5.74) is 4.42. The second-order valence-electron chi connectivity index (χ2n) is 8.92. The van der Waals surface area contributed by atoms with Gasteiger partial charge in [-0.25, -0.2) is 9.59 Å². The molecule has 3 aromatic rings. The van der Waals surface area contributed by atoms with Crippen molar-refractivity contribution >= 4 is 29.3 Å². The Kier molecular flexibility index (Phi) is 10.9. The van der Waals surface area contributed by atoms with E-state index in [1.165, 1.54) is 30.3 Å². The first-order valence-electron chi connectivity index (χ1n) is 12.9. The molecule has 0 aliphatic carbocycles. The van der Waals surface area contributed by atoms with Gasteiger partial charge in [-0.15, -0.1) is 0 Å². The van der Waals surface area contributed by atoms with E-state index in [2.05, 4.69) is 15.3 Å². The quantitative estimate of drug-likeness (QED) is 0.0438. The number of unbranched alkanes of at least 4 members (excludes halogenated alkanes) is 1. The summed E-state index contributed by atoms with van der Waals surface area (Å²) < 4.78 is 21.7. The van der Waals surface area contributed by atoms with Crippen LogP contribution in [0.5, 0.6) is 29.3 Å². The number of anilines is 1. The molecule has 1 aromatic heterocycles. The minimum absolute atomic E-state index is 0.0515. The number of carboxylic acids is 1. The lowest BCUT2D eigenvalue weighted by Crippen LogP contribution is -2.37. The van der Waals surface area contributed by atoms with Crippen LogP contribution in [0.15, 0.2) is 42.5 Å². The highest BCUT2D eigenvalue weighted by molar-refractivity contribution is 5.92. The van der Waals surface area contributed by atoms with Gasteiger partial charge in [0, 0.05) is 11.8 Å². The van der Waals surface area contributed by atoms with E-state index in [9.17, 15) is 35.2 Å². The Labute approximate surface area is 249 Å². The molecule has 0 saturated carbocycles. The highest BCUT2D eigenvalue weighted by atomic mass is 16.6. The molecule has 0 radical (unpaired) electrons. The normalized spacial score (nSPS) is 11.8. The molecule has 0 aliphatic heterocycles. The minimum Gasteiger partial charge on any atom is -0.478 e. The number of aliphatic hydroxyl groups excluding tert-OH is 1. The molecule has 6 N–H and O–H groups in total. The highest BCUT2D eigenvalue weighted by Gasteiger charge is 2.35. The van der Waals surface area contributed by atoms with Crippen molar-refractivity contribution in [2.45, 2.75) is 38.9 Å². The molecule has 0 amide bonds. The molecule has 0 fully saturated rings. The van der Waals surface area contributed by atoms with Gasteiger partial charge in [-0.3, -0.25) is 15.5 Å². The van der Waals surface area contributed by atoms with Crippen molar-refractivity contribution in [3.05, 3.63) is 63.7 Å². The summed E-state index contributed by atoms with van der Waals surface area (Å²) in [4.78, 5) is 43.3. The van der Waals surface area contributed by atoms with Gasteiger partial charge in [0.1, 0.15) is 17.6 Å². The van der Waals surface area contributed by atoms with Crippen LogP contribution < -0.4 is 25.3 Å². The summed E-state index contributed by atoms with van der Waals surface area (Å²) in [6.07, 6.45) is -2.29. The van der Waals surface area contributed by atoms with Gasteiger partial charge in [-0.2, -0.15) is 15.2 Å². The predicted molar refractivity (Wildman–Crippen MR) is 151 cm³/mol. The number of nitrogens with one attached hydrogen (secondary N) is 2. The molecule has 1 heterocycles. The van der Waals surface area contributed by atoms with E-state index in [0.29, 0.717) is 12.1 Å². The number of nitrogens with two attached hydrogens (primary N) is 1. The van der Waals surface area contributed by atoms with Crippen LogP contribution >= 0.6 is 0 Å². The second-order valence-corrected chi connectivity index (χ2v) is 8.92. The number of nitriles is 1. The molecule has 44 heavy (non-hydrogen) atoms. The summed E-state index contributed by atoms with van der Waals surface area (Å²) >= 11 is 0. The van der Waals surface area contributed by atoms with Crippen molar-refractivity contribution in [2.75, 3.05) is 11.9 Å². The topological polar surface area (TPSA) is 266 Å². The van der Waals surface area contributed by atoms with Crippen LogP contribution in [-0.4, -0.2) is 61.8 Å². The number of carbonyl (C=O) groups is 2. The Morgan fingerprint density at radius 2 is 1.89 bits per heavy atom. The predicted octanol–water partition coefficient (Wildman–Crippen LogP) is 3.32. The van der Waals surface area contributed by atoms with Crippen molar-refractivity contribution in [1.29, 1.82) is 10.7 Å². The number of rotatable bonds is 14. The van der Waals surface area contributed by atoms with Crippen molar-refractivity contribution < 1.29 is 43.7 Å². The fourth-order valence-electron chi connectivity index (χ4n) is 3.48. The number of hydrogen-bond acceptors (Lipinski definition) is 13. The van der Waals surface area contributed by atoms with Crippen LogP contribution in [0.1, 0.15) is 42.6 Å².